The molecule has 7 aliphatic rings. The van der Waals surface area contributed by atoms with Crippen LogP contribution in [0.25, 0.3) is 0 Å². The maximum absolute atomic E-state index is 16.2. The van der Waals surface area contributed by atoms with Gasteiger partial charge in [0.15, 0.2) is 0 Å². The first-order chi connectivity index (χ1) is 50.6. The highest BCUT2D eigenvalue weighted by Gasteiger charge is 2.57. The summed E-state index contributed by atoms with van der Waals surface area (Å²) in [5.41, 5.74) is -1.85. The van der Waals surface area contributed by atoms with Crippen molar-refractivity contribution >= 4 is 82.5 Å². The summed E-state index contributed by atoms with van der Waals surface area (Å²) >= 11 is 6.34. The van der Waals surface area contributed by atoms with Crippen molar-refractivity contribution in [3.8, 4) is 0 Å². The van der Waals surface area contributed by atoms with Gasteiger partial charge in [0.25, 0.3) is 5.92 Å². The van der Waals surface area contributed by atoms with Gasteiger partial charge in [0, 0.05) is 73.2 Å². The molecule has 612 valence electrons. The Hall–Kier alpha value is -6.67. The Bertz CT molecular complexity index is 3190. The van der Waals surface area contributed by atoms with Crippen LogP contribution in [0.15, 0.2) is 0 Å². The number of nitrogens with one attached hydrogen (secondary N) is 3. The van der Waals surface area contributed by atoms with Crippen molar-refractivity contribution in [1.29, 1.82) is 0 Å². The van der Waals surface area contributed by atoms with Crippen LogP contribution >= 0.6 is 11.6 Å². The molecule has 3 unspecified atom stereocenters. The molecule has 11 atom stereocenters. The van der Waals surface area contributed by atoms with Crippen molar-refractivity contribution in [2.75, 3.05) is 101 Å². The lowest BCUT2D eigenvalue weighted by molar-refractivity contribution is -0.184. The van der Waals surface area contributed by atoms with Crippen molar-refractivity contribution < 1.29 is 97.4 Å². The lowest BCUT2D eigenvalue weighted by atomic mass is 9.74. The Kier molecular flexibility index (Phi) is 31.2. The molecule has 3 aliphatic heterocycles. The molecule has 12 amide bonds. The number of carbonyl (C=O) groups is 12. The highest BCUT2D eigenvalue weighted by atomic mass is 35.5. The van der Waals surface area contributed by atoms with Crippen LogP contribution in [0.2, 0.25) is 0 Å². The zero-order chi connectivity index (χ0) is 80.2. The molecule has 0 aromatic heterocycles. The summed E-state index contributed by atoms with van der Waals surface area (Å²) in [7, 11) is 6.52. The fraction of sp³-hybridized carbons (Fsp3) is 0.838. The Morgan fingerprint density at radius 3 is 1.84 bits per heavy atom. The zero-order valence-electron chi connectivity index (χ0n) is 64.5. The van der Waals surface area contributed by atoms with Gasteiger partial charge in [-0.1, -0.05) is 53.9 Å². The number of likely N-dealkylation sites (N-methyl/N-ethyl adjacent to an activating group) is 6. The summed E-state index contributed by atoms with van der Waals surface area (Å²) in [6, 6.07) is -10.8. The van der Waals surface area contributed by atoms with E-state index in [9.17, 15) is 50.3 Å². The third-order valence-electron chi connectivity index (χ3n) is 23.8. The number of rotatable bonds is 14. The average molecular weight is 1570 g/mol. The number of alkyl halides is 9. The first-order valence-corrected chi connectivity index (χ1v) is 39.1. The molecule has 0 aromatic carbocycles. The van der Waals surface area contributed by atoms with Crippen molar-refractivity contribution in [3.63, 3.8) is 0 Å². The number of carbonyl (C=O) groups excluding carboxylic acids is 12. The predicted molar refractivity (Wildman–Crippen MR) is 381 cm³/mol. The minimum absolute atomic E-state index is 0.00999. The Labute approximate surface area is 634 Å². The molecule has 0 bridgehead atoms. The van der Waals surface area contributed by atoms with E-state index in [1.807, 2.05) is 13.8 Å². The lowest BCUT2D eigenvalue weighted by Gasteiger charge is -2.47. The number of nitrogens with zero attached hydrogens (tertiary/aromatic N) is 9. The van der Waals surface area contributed by atoms with E-state index in [0.29, 0.717) is 43.4 Å². The zero-order valence-corrected chi connectivity index (χ0v) is 65.3. The van der Waals surface area contributed by atoms with E-state index in [1.165, 1.54) is 54.8 Å². The summed E-state index contributed by atoms with van der Waals surface area (Å²) in [5.74, 6) is -20.2. The molecule has 108 heavy (non-hydrogen) atoms. The second kappa shape index (κ2) is 38.0. The number of hydrogen-bond acceptors (Lipinski definition) is 13. The SMILES string of the molecule is CCCN1C(=O)CN(C)C(=O)CN(CC)C(=O)[C@H]([C@@H](C)CC)NC(=O)[C@H](CC(C)C)N(C)C(=O)C[C@@H](C(=O)N2CCOCC2)N(C)C(=O)[C@H](C2CCCC2)N(C)C(=O)C2(CCC2)NC(=O)[C@@H]2CC(F)(F)CN2C(=O)[C@H](CCC2CCC(C(F)(F)F)C(Cl)C2)NC(=O)CN(C)C(=O)[C@@H]1CC1CCC(C(F)(F)F)CC1. The van der Waals surface area contributed by atoms with Gasteiger partial charge in [0.2, 0.25) is 70.9 Å². The number of morpholine rings is 1. The first-order valence-electron chi connectivity index (χ1n) is 38.7. The number of amides is 12. The third-order valence-corrected chi connectivity index (χ3v) is 24.3. The lowest BCUT2D eigenvalue weighted by Crippen LogP contribution is -2.68. The fourth-order valence-electron chi connectivity index (χ4n) is 16.8. The summed E-state index contributed by atoms with van der Waals surface area (Å²) in [6.07, 6.45) is -10.1. The highest BCUT2D eigenvalue weighted by Crippen LogP contribution is 2.45. The molecule has 3 heterocycles. The maximum Gasteiger partial charge on any atom is 0.393 e. The van der Waals surface area contributed by atoms with Crippen LogP contribution in [0, 0.1) is 41.4 Å². The average Bonchev–Trinajstić information content (AvgIpc) is 1.36. The molecule has 25 nitrogen and oxygen atoms in total. The smallest absolute Gasteiger partial charge is 0.378 e. The van der Waals surface area contributed by atoms with Crippen LogP contribution in [0.5, 0.6) is 0 Å². The molecule has 7 rings (SSSR count). The molecular formula is C74H115ClF8N12O13. The number of halogens is 9. The normalized spacial score (nSPS) is 30.4. The Morgan fingerprint density at radius 1 is 0.657 bits per heavy atom. The van der Waals surface area contributed by atoms with E-state index in [4.69, 9.17) is 16.3 Å². The number of fused-ring (bicyclic) bond motifs is 1. The van der Waals surface area contributed by atoms with Gasteiger partial charge in [-0.2, -0.15) is 26.3 Å². The van der Waals surface area contributed by atoms with E-state index in [2.05, 4.69) is 16.0 Å². The van der Waals surface area contributed by atoms with Crippen molar-refractivity contribution in [2.45, 2.75) is 254 Å². The molecule has 3 N–H and O–H groups in total. The van der Waals surface area contributed by atoms with Gasteiger partial charge >= 0.3 is 12.4 Å². The second-order valence-corrected chi connectivity index (χ2v) is 32.5. The van der Waals surface area contributed by atoms with E-state index in [0.717, 1.165) is 19.6 Å². The van der Waals surface area contributed by atoms with Crippen LogP contribution in [0.4, 0.5) is 35.1 Å². The van der Waals surface area contributed by atoms with E-state index in [-0.39, 0.29) is 129 Å². The molecular weight excluding hydrogens is 1450 g/mol. The van der Waals surface area contributed by atoms with Gasteiger partial charge in [-0.15, -0.1) is 11.6 Å². The quantitative estimate of drug-likeness (QED) is 0.120. The predicted octanol–water partition coefficient (Wildman–Crippen LogP) is 6.75. The van der Waals surface area contributed by atoms with Crippen molar-refractivity contribution in [1.82, 2.24) is 60.0 Å². The van der Waals surface area contributed by atoms with Crippen LogP contribution in [0.1, 0.15) is 183 Å². The molecule has 1 spiro atoms. The standard InChI is InChI=1S/C74H115ClF8N12O13/c1-12-30-94-55(37-47-20-24-49(25-21-47)73(78,79)80)66(103)88(8)40-57(96)84-52(27-23-46-22-26-50(51(75)36-46)74(81,82)83)65(102)95-43-72(76,77)39-56(95)64(101)86-71(28-17-29-71)70(107)91(11)62(48-18-15-16-19-48)69(106)90(10)54(67(104)93-31-33-108-34-32-93)38-58(97)89(9)53(35-44(4)5)63(100)85-61(45(6)13-2)68(105)92(14-3)42-59(98)87(7)41-60(94)99/h44-56,61-62H,12-43H2,1-11H3,(H,84,96)(H,85,100)(H,86,101)/t45-,46?,47?,49?,50?,51?,52-,53-,54-,55-,56-,61-,62-/m0/s1. The largest absolute Gasteiger partial charge is 0.393 e. The van der Waals surface area contributed by atoms with E-state index in [1.54, 1.807) is 27.7 Å². The third kappa shape index (κ3) is 22.1. The first kappa shape index (κ1) is 88.5. The molecule has 34 heteroatoms. The van der Waals surface area contributed by atoms with Crippen LogP contribution in [-0.4, -0.2) is 287 Å². The van der Waals surface area contributed by atoms with E-state index >= 15 is 42.3 Å². The molecule has 0 radical (unpaired) electrons. The highest BCUT2D eigenvalue weighted by molar-refractivity contribution is 6.21. The Morgan fingerprint density at radius 2 is 1.29 bits per heavy atom. The molecule has 3 saturated heterocycles. The van der Waals surface area contributed by atoms with Gasteiger partial charge in [0.05, 0.1) is 57.6 Å². The maximum atomic E-state index is 16.2. The summed E-state index contributed by atoms with van der Waals surface area (Å²) in [5, 5.41) is 6.73. The monoisotopic (exact) mass is 1570 g/mol. The van der Waals surface area contributed by atoms with Crippen molar-refractivity contribution in [2.24, 2.45) is 41.4 Å². The van der Waals surface area contributed by atoms with Crippen LogP contribution in [-0.2, 0) is 62.3 Å². The van der Waals surface area contributed by atoms with Gasteiger partial charge in [0.1, 0.15) is 47.8 Å². The van der Waals surface area contributed by atoms with Crippen LogP contribution in [0.3, 0.4) is 0 Å². The topological polar surface area (TPSA) is 279 Å². The molecule has 7 fully saturated rings. The minimum atomic E-state index is -4.63. The van der Waals surface area contributed by atoms with Crippen molar-refractivity contribution in [3.05, 3.63) is 0 Å². The second-order valence-electron chi connectivity index (χ2n) is 31.9. The number of hydrogen-bond donors (Lipinski definition) is 3. The summed E-state index contributed by atoms with van der Waals surface area (Å²) in [4.78, 5) is 190. The van der Waals surface area contributed by atoms with Gasteiger partial charge in [-0.05, 0) is 146 Å². The molecule has 4 aliphatic carbocycles. The van der Waals surface area contributed by atoms with Gasteiger partial charge in [-0.25, -0.2) is 8.78 Å². The fourth-order valence-corrected chi connectivity index (χ4v) is 17.3. The van der Waals surface area contributed by atoms with Gasteiger partial charge in [-0.3, -0.25) is 57.5 Å². The van der Waals surface area contributed by atoms with Crippen LogP contribution < -0.4 is 16.0 Å². The molecule has 0 aromatic rings. The Balaban J connectivity index is 1.31. The summed E-state index contributed by atoms with van der Waals surface area (Å²) in [6.45, 7) is 6.95. The molecule has 4 saturated carbocycles. The van der Waals surface area contributed by atoms with Gasteiger partial charge < -0.3 is 64.8 Å². The van der Waals surface area contributed by atoms with E-state index < -0.39 is 223 Å². The summed E-state index contributed by atoms with van der Waals surface area (Å²) < 4.78 is 122. The minimum Gasteiger partial charge on any atom is -0.378 e. The number of ether oxygens (including phenoxy) is 1.